The van der Waals surface area contributed by atoms with Crippen molar-refractivity contribution in [2.45, 2.75) is 59.0 Å². The molecule has 33 heavy (non-hydrogen) atoms. The van der Waals surface area contributed by atoms with Crippen LogP contribution in [0.3, 0.4) is 0 Å². The van der Waals surface area contributed by atoms with Gasteiger partial charge in [0.25, 0.3) is 0 Å². The van der Waals surface area contributed by atoms with Gasteiger partial charge in [-0.3, -0.25) is 14.5 Å². The van der Waals surface area contributed by atoms with Crippen LogP contribution in [0.1, 0.15) is 54.1 Å². The number of fused-ring (bicyclic) bond motifs is 1. The zero-order chi connectivity index (χ0) is 23.4. The molecule has 0 atom stereocenters. The summed E-state index contributed by atoms with van der Waals surface area (Å²) in [5.74, 6) is 2.24. The van der Waals surface area contributed by atoms with Crippen molar-refractivity contribution < 1.29 is 14.1 Å². The first-order valence-corrected chi connectivity index (χ1v) is 11.2. The maximum Gasteiger partial charge on any atom is 0.228 e. The average Bonchev–Trinajstić information content (AvgIpc) is 3.28. The van der Waals surface area contributed by atoms with E-state index in [9.17, 15) is 9.59 Å². The first-order valence-electron chi connectivity index (χ1n) is 11.2. The molecule has 172 valence electrons. The fourth-order valence-corrected chi connectivity index (χ4v) is 3.88. The standard InChI is InChI=1S/C24H28N6O3/c1-4-19-26-21(33-28-19)11-13-22(31)29(3)15-20-25-16(2)18-10-12-23(32)30(24(18)27-20)14-17-8-6-5-7-9-17/h5-9H,4,10-15H2,1-3H3. The van der Waals surface area contributed by atoms with E-state index in [4.69, 9.17) is 9.51 Å². The summed E-state index contributed by atoms with van der Waals surface area (Å²) in [7, 11) is 1.72. The first kappa shape index (κ1) is 22.6. The monoisotopic (exact) mass is 448 g/mol. The van der Waals surface area contributed by atoms with Crippen LogP contribution < -0.4 is 4.90 Å². The minimum absolute atomic E-state index is 0.0471. The van der Waals surface area contributed by atoms with Crippen molar-refractivity contribution in [3.8, 4) is 0 Å². The fraction of sp³-hybridized carbons (Fsp3) is 0.417. The third-order valence-electron chi connectivity index (χ3n) is 5.75. The van der Waals surface area contributed by atoms with Crippen molar-refractivity contribution in [1.29, 1.82) is 0 Å². The first-order chi connectivity index (χ1) is 15.9. The van der Waals surface area contributed by atoms with Crippen LogP contribution in [0, 0.1) is 6.92 Å². The quantitative estimate of drug-likeness (QED) is 0.522. The van der Waals surface area contributed by atoms with Gasteiger partial charge < -0.3 is 9.42 Å². The summed E-state index contributed by atoms with van der Waals surface area (Å²) in [4.78, 5) is 42.3. The number of amides is 2. The Morgan fingerprint density at radius 3 is 2.64 bits per heavy atom. The van der Waals surface area contributed by atoms with Crippen LogP contribution in [-0.2, 0) is 41.9 Å². The Labute approximate surface area is 192 Å². The van der Waals surface area contributed by atoms with Gasteiger partial charge in [0.15, 0.2) is 5.82 Å². The lowest BCUT2D eigenvalue weighted by molar-refractivity contribution is -0.130. The summed E-state index contributed by atoms with van der Waals surface area (Å²) < 4.78 is 5.16. The molecule has 0 aliphatic carbocycles. The van der Waals surface area contributed by atoms with E-state index in [0.717, 1.165) is 16.8 Å². The van der Waals surface area contributed by atoms with E-state index in [1.807, 2.05) is 44.2 Å². The molecule has 0 spiro atoms. The van der Waals surface area contributed by atoms with Gasteiger partial charge in [0.05, 0.1) is 13.1 Å². The number of carbonyl (C=O) groups is 2. The molecule has 0 bridgehead atoms. The molecule has 9 nitrogen and oxygen atoms in total. The van der Waals surface area contributed by atoms with Gasteiger partial charge in [-0.25, -0.2) is 9.97 Å². The smallest absolute Gasteiger partial charge is 0.228 e. The van der Waals surface area contributed by atoms with Crippen molar-refractivity contribution in [2.75, 3.05) is 11.9 Å². The fourth-order valence-electron chi connectivity index (χ4n) is 3.88. The van der Waals surface area contributed by atoms with Crippen molar-refractivity contribution in [1.82, 2.24) is 25.0 Å². The molecule has 4 rings (SSSR count). The molecule has 0 N–H and O–H groups in total. The summed E-state index contributed by atoms with van der Waals surface area (Å²) in [6.45, 7) is 4.59. The molecule has 0 saturated carbocycles. The Balaban J connectivity index is 1.47. The number of hydrogen-bond donors (Lipinski definition) is 0. The lowest BCUT2D eigenvalue weighted by atomic mass is 10.0. The average molecular weight is 449 g/mol. The zero-order valence-electron chi connectivity index (χ0n) is 19.2. The Hall–Kier alpha value is -3.62. The van der Waals surface area contributed by atoms with Gasteiger partial charge in [0, 0.05) is 44.0 Å². The molecule has 3 heterocycles. The number of aromatic nitrogens is 4. The Morgan fingerprint density at radius 1 is 1.12 bits per heavy atom. The van der Waals surface area contributed by atoms with Crippen LogP contribution in [-0.4, -0.2) is 43.9 Å². The number of anilines is 1. The summed E-state index contributed by atoms with van der Waals surface area (Å²) in [6.07, 6.45) is 2.40. The molecule has 3 aromatic rings. The van der Waals surface area contributed by atoms with Gasteiger partial charge >= 0.3 is 0 Å². The highest BCUT2D eigenvalue weighted by atomic mass is 16.5. The normalized spacial score (nSPS) is 13.2. The van der Waals surface area contributed by atoms with Crippen LogP contribution in [0.15, 0.2) is 34.9 Å². The number of carbonyl (C=O) groups excluding carboxylic acids is 2. The molecule has 0 fully saturated rings. The van der Waals surface area contributed by atoms with Gasteiger partial charge in [0.1, 0.15) is 11.6 Å². The van der Waals surface area contributed by atoms with Gasteiger partial charge in [-0.1, -0.05) is 42.4 Å². The molecule has 0 unspecified atom stereocenters. The van der Waals surface area contributed by atoms with Crippen molar-refractivity contribution >= 4 is 17.6 Å². The maximum absolute atomic E-state index is 12.7. The van der Waals surface area contributed by atoms with Crippen molar-refractivity contribution in [2.24, 2.45) is 0 Å². The summed E-state index contributed by atoms with van der Waals surface area (Å²) in [6, 6.07) is 9.86. The van der Waals surface area contributed by atoms with Gasteiger partial charge in [-0.05, 0) is 18.9 Å². The van der Waals surface area contributed by atoms with Crippen LogP contribution in [0.5, 0.6) is 0 Å². The van der Waals surface area contributed by atoms with E-state index in [1.165, 1.54) is 0 Å². The second-order valence-electron chi connectivity index (χ2n) is 8.20. The molecule has 0 radical (unpaired) electrons. The lowest BCUT2D eigenvalue weighted by Gasteiger charge is -2.30. The topological polar surface area (TPSA) is 105 Å². The molecule has 0 saturated heterocycles. The van der Waals surface area contributed by atoms with E-state index in [2.05, 4.69) is 15.1 Å². The molecule has 1 aliphatic rings. The van der Waals surface area contributed by atoms with E-state index < -0.39 is 0 Å². The molecule has 2 aromatic heterocycles. The molecular formula is C24H28N6O3. The number of rotatable bonds is 8. The van der Waals surface area contributed by atoms with Crippen LogP contribution in [0.4, 0.5) is 5.82 Å². The number of hydrogen-bond acceptors (Lipinski definition) is 7. The number of nitrogens with zero attached hydrogens (tertiary/aromatic N) is 6. The molecular weight excluding hydrogens is 420 g/mol. The second-order valence-corrected chi connectivity index (χ2v) is 8.20. The minimum atomic E-state index is -0.0672. The SMILES string of the molecule is CCc1noc(CCC(=O)N(C)Cc2nc(C)c3c(n2)N(Cc2ccccc2)C(=O)CC3)n1. The third-order valence-corrected chi connectivity index (χ3v) is 5.75. The second kappa shape index (κ2) is 9.89. The maximum atomic E-state index is 12.7. The Morgan fingerprint density at radius 2 is 1.91 bits per heavy atom. The van der Waals surface area contributed by atoms with Crippen LogP contribution >= 0.6 is 0 Å². The zero-order valence-corrected chi connectivity index (χ0v) is 19.2. The van der Waals surface area contributed by atoms with Gasteiger partial charge in [0.2, 0.25) is 17.7 Å². The highest BCUT2D eigenvalue weighted by Gasteiger charge is 2.28. The largest absolute Gasteiger partial charge is 0.339 e. The van der Waals surface area contributed by atoms with Crippen LogP contribution in [0.25, 0.3) is 0 Å². The van der Waals surface area contributed by atoms with Crippen molar-refractivity contribution in [3.63, 3.8) is 0 Å². The summed E-state index contributed by atoms with van der Waals surface area (Å²) >= 11 is 0. The van der Waals surface area contributed by atoms with E-state index >= 15 is 0 Å². The van der Waals surface area contributed by atoms with Gasteiger partial charge in [-0.15, -0.1) is 0 Å². The van der Waals surface area contributed by atoms with Crippen molar-refractivity contribution in [3.05, 3.63) is 64.7 Å². The molecule has 1 aliphatic heterocycles. The highest BCUT2D eigenvalue weighted by molar-refractivity contribution is 5.95. The third kappa shape index (κ3) is 5.24. The van der Waals surface area contributed by atoms with E-state index in [0.29, 0.717) is 55.6 Å². The minimum Gasteiger partial charge on any atom is -0.339 e. The molecule has 9 heteroatoms. The predicted octanol–water partition coefficient (Wildman–Crippen LogP) is 2.80. The number of benzene rings is 1. The molecule has 1 aromatic carbocycles. The number of aryl methyl sites for hydroxylation is 3. The summed E-state index contributed by atoms with van der Waals surface area (Å²) in [5.41, 5.74) is 2.88. The van der Waals surface area contributed by atoms with E-state index in [-0.39, 0.29) is 24.8 Å². The summed E-state index contributed by atoms with van der Waals surface area (Å²) in [5, 5.41) is 3.86. The van der Waals surface area contributed by atoms with E-state index in [1.54, 1.807) is 16.8 Å². The van der Waals surface area contributed by atoms with Gasteiger partial charge in [-0.2, -0.15) is 4.98 Å². The Kier molecular flexibility index (Phi) is 6.76. The van der Waals surface area contributed by atoms with Crippen LogP contribution in [0.2, 0.25) is 0 Å². The lowest BCUT2D eigenvalue weighted by Crippen LogP contribution is -2.36. The predicted molar refractivity (Wildman–Crippen MR) is 121 cm³/mol. The highest BCUT2D eigenvalue weighted by Crippen LogP contribution is 2.29. The Bertz CT molecular complexity index is 1140. The molecule has 2 amide bonds.